The summed E-state index contributed by atoms with van der Waals surface area (Å²) in [5.41, 5.74) is 5.41. The summed E-state index contributed by atoms with van der Waals surface area (Å²) in [6.07, 6.45) is 1.91. The van der Waals surface area contributed by atoms with E-state index in [4.69, 9.17) is 16.6 Å². The Morgan fingerprint density at radius 2 is 1.78 bits per heavy atom. The van der Waals surface area contributed by atoms with E-state index in [1.807, 2.05) is 36.4 Å². The van der Waals surface area contributed by atoms with E-state index in [0.29, 0.717) is 12.5 Å². The zero-order valence-corrected chi connectivity index (χ0v) is 21.7. The molecule has 1 atom stereocenters. The monoisotopic (exact) mass is 500 g/mol. The molecule has 186 valence electrons. The van der Waals surface area contributed by atoms with Gasteiger partial charge >= 0.3 is 0 Å². The minimum atomic E-state index is -0.0342. The van der Waals surface area contributed by atoms with Crippen molar-refractivity contribution in [1.29, 1.82) is 0 Å². The van der Waals surface area contributed by atoms with E-state index in [9.17, 15) is 4.79 Å². The van der Waals surface area contributed by atoms with Crippen LogP contribution in [0.2, 0.25) is 5.02 Å². The molecule has 1 saturated heterocycles. The van der Waals surface area contributed by atoms with Crippen LogP contribution in [0.1, 0.15) is 49.6 Å². The van der Waals surface area contributed by atoms with Gasteiger partial charge in [-0.15, -0.1) is 0 Å². The first-order chi connectivity index (χ1) is 17.5. The number of nitrogens with one attached hydrogen (secondary N) is 1. The minimum Gasteiger partial charge on any atom is -0.326 e. The molecule has 0 aliphatic carbocycles. The largest absolute Gasteiger partial charge is 0.326 e. The number of para-hydroxylation sites is 3. The number of aromatic nitrogens is 2. The Bertz CT molecular complexity index is 1340. The number of likely N-dealkylation sites (tertiary alicyclic amines) is 1. The maximum atomic E-state index is 13.2. The summed E-state index contributed by atoms with van der Waals surface area (Å²) in [5, 5.41) is 3.96. The van der Waals surface area contributed by atoms with Crippen molar-refractivity contribution < 1.29 is 4.79 Å². The van der Waals surface area contributed by atoms with E-state index in [0.717, 1.165) is 60.0 Å². The van der Waals surface area contributed by atoms with E-state index in [-0.39, 0.29) is 11.8 Å². The van der Waals surface area contributed by atoms with Gasteiger partial charge in [0.25, 0.3) is 0 Å². The minimum absolute atomic E-state index is 0.0342. The fourth-order valence-corrected chi connectivity index (χ4v) is 5.28. The fourth-order valence-electron chi connectivity index (χ4n) is 5.16. The molecule has 1 amide bonds. The maximum Gasteiger partial charge on any atom is 0.228 e. The summed E-state index contributed by atoms with van der Waals surface area (Å²) >= 11 is 6.10. The Kier molecular flexibility index (Phi) is 7.40. The van der Waals surface area contributed by atoms with Gasteiger partial charge in [0, 0.05) is 23.8 Å². The van der Waals surface area contributed by atoms with Crippen LogP contribution in [0.4, 0.5) is 5.69 Å². The van der Waals surface area contributed by atoms with Crippen molar-refractivity contribution in [3.63, 3.8) is 0 Å². The zero-order chi connectivity index (χ0) is 25.1. The molecule has 1 aliphatic rings. The van der Waals surface area contributed by atoms with E-state index >= 15 is 0 Å². The summed E-state index contributed by atoms with van der Waals surface area (Å²) in [4.78, 5) is 20.6. The zero-order valence-electron chi connectivity index (χ0n) is 21.0. The molecule has 1 N–H and O–H groups in total. The number of fused-ring (bicyclic) bond motifs is 1. The van der Waals surface area contributed by atoms with E-state index < -0.39 is 0 Å². The van der Waals surface area contributed by atoms with Crippen molar-refractivity contribution in [3.8, 4) is 0 Å². The van der Waals surface area contributed by atoms with E-state index in [2.05, 4.69) is 65.0 Å². The number of halogens is 1. The van der Waals surface area contributed by atoms with Gasteiger partial charge < -0.3 is 9.88 Å². The summed E-state index contributed by atoms with van der Waals surface area (Å²) < 4.78 is 2.29. The summed E-state index contributed by atoms with van der Waals surface area (Å²) in [6, 6.07) is 24.4. The summed E-state index contributed by atoms with van der Waals surface area (Å²) in [6.45, 7) is 7.47. The molecule has 36 heavy (non-hydrogen) atoms. The van der Waals surface area contributed by atoms with Crippen molar-refractivity contribution in [1.82, 2.24) is 14.5 Å². The molecular formula is C30H33ClN4O. The smallest absolute Gasteiger partial charge is 0.228 e. The SMILES string of the molecule is CC(C)c1ccccc1NC(=O)[C@@H]1CCCN(Cc2nc3ccccc3n2Cc2ccc(Cl)cc2)C1. The molecule has 1 aromatic heterocycles. The second-order valence-corrected chi connectivity index (χ2v) is 10.5. The summed E-state index contributed by atoms with van der Waals surface area (Å²) in [7, 11) is 0. The number of amides is 1. The molecular weight excluding hydrogens is 468 g/mol. The number of rotatable bonds is 7. The molecule has 3 aromatic carbocycles. The molecule has 1 fully saturated rings. The molecule has 6 heteroatoms. The molecule has 0 spiro atoms. The molecule has 0 unspecified atom stereocenters. The van der Waals surface area contributed by atoms with Gasteiger partial charge in [-0.25, -0.2) is 4.98 Å². The third-order valence-corrected chi connectivity index (χ3v) is 7.32. The van der Waals surface area contributed by atoms with E-state index in [1.54, 1.807) is 0 Å². The van der Waals surface area contributed by atoms with Gasteiger partial charge in [0.05, 0.1) is 23.5 Å². The van der Waals surface area contributed by atoms with Gasteiger partial charge in [-0.1, -0.05) is 67.9 Å². The second kappa shape index (κ2) is 10.9. The third kappa shape index (κ3) is 5.48. The molecule has 2 heterocycles. The molecule has 0 saturated carbocycles. The standard InChI is InChI=1S/C30H33ClN4O/c1-21(2)25-9-3-4-10-26(25)33-30(36)23-8-7-17-34(19-23)20-29-32-27-11-5-6-12-28(27)35(29)18-22-13-15-24(31)16-14-22/h3-6,9-16,21,23H,7-8,17-20H2,1-2H3,(H,33,36)/t23-/m1/s1. The van der Waals surface area contributed by atoms with Crippen LogP contribution in [0.3, 0.4) is 0 Å². The third-order valence-electron chi connectivity index (χ3n) is 7.07. The van der Waals surface area contributed by atoms with Crippen LogP contribution in [0, 0.1) is 5.92 Å². The maximum absolute atomic E-state index is 13.2. The first-order valence-corrected chi connectivity index (χ1v) is 13.2. The lowest BCUT2D eigenvalue weighted by Gasteiger charge is -2.32. The Balaban J connectivity index is 1.33. The highest BCUT2D eigenvalue weighted by molar-refractivity contribution is 6.30. The average molecular weight is 501 g/mol. The van der Waals surface area contributed by atoms with Gasteiger partial charge in [-0.3, -0.25) is 9.69 Å². The predicted octanol–water partition coefficient (Wildman–Crippen LogP) is 6.71. The highest BCUT2D eigenvalue weighted by atomic mass is 35.5. The number of anilines is 1. The van der Waals surface area contributed by atoms with Crippen molar-refractivity contribution in [2.75, 3.05) is 18.4 Å². The van der Waals surface area contributed by atoms with Crippen molar-refractivity contribution >= 4 is 34.2 Å². The van der Waals surface area contributed by atoms with Crippen LogP contribution < -0.4 is 5.32 Å². The highest BCUT2D eigenvalue weighted by Crippen LogP contribution is 2.27. The van der Waals surface area contributed by atoms with Gasteiger partial charge in [0.1, 0.15) is 5.82 Å². The average Bonchev–Trinajstić information content (AvgIpc) is 3.22. The Morgan fingerprint density at radius 1 is 1.03 bits per heavy atom. The molecule has 1 aliphatic heterocycles. The fraction of sp³-hybridized carbons (Fsp3) is 0.333. The van der Waals surface area contributed by atoms with Crippen LogP contribution in [-0.2, 0) is 17.9 Å². The van der Waals surface area contributed by atoms with Gasteiger partial charge in [-0.2, -0.15) is 0 Å². The Labute approximate surface area is 218 Å². The van der Waals surface area contributed by atoms with Gasteiger partial charge in [0.15, 0.2) is 0 Å². The van der Waals surface area contributed by atoms with Crippen molar-refractivity contribution in [2.24, 2.45) is 5.92 Å². The van der Waals surface area contributed by atoms with E-state index in [1.165, 1.54) is 11.1 Å². The Morgan fingerprint density at radius 3 is 2.58 bits per heavy atom. The normalized spacial score (nSPS) is 16.5. The lowest BCUT2D eigenvalue weighted by atomic mass is 9.96. The lowest BCUT2D eigenvalue weighted by Crippen LogP contribution is -2.40. The number of benzene rings is 3. The number of hydrogen-bond donors (Lipinski definition) is 1. The topological polar surface area (TPSA) is 50.2 Å². The summed E-state index contributed by atoms with van der Waals surface area (Å²) in [5.74, 6) is 1.46. The van der Waals surface area contributed by atoms with Crippen molar-refractivity contribution in [3.05, 3.63) is 94.8 Å². The predicted molar refractivity (Wildman–Crippen MR) is 147 cm³/mol. The molecule has 5 nitrogen and oxygen atoms in total. The van der Waals surface area contributed by atoms with Gasteiger partial charge in [-0.05, 0) is 66.8 Å². The van der Waals surface area contributed by atoms with Crippen LogP contribution in [0.5, 0.6) is 0 Å². The van der Waals surface area contributed by atoms with Crippen LogP contribution in [0.15, 0.2) is 72.8 Å². The van der Waals surface area contributed by atoms with Gasteiger partial charge in [0.2, 0.25) is 5.91 Å². The van der Waals surface area contributed by atoms with Crippen LogP contribution in [0.25, 0.3) is 11.0 Å². The number of piperidine rings is 1. The van der Waals surface area contributed by atoms with Crippen LogP contribution >= 0.6 is 11.6 Å². The quantitative estimate of drug-likeness (QED) is 0.306. The highest BCUT2D eigenvalue weighted by Gasteiger charge is 2.27. The second-order valence-electron chi connectivity index (χ2n) is 10.0. The first-order valence-electron chi connectivity index (χ1n) is 12.8. The molecule has 0 bridgehead atoms. The van der Waals surface area contributed by atoms with Crippen molar-refractivity contribution in [2.45, 2.75) is 45.7 Å². The molecule has 4 aromatic rings. The number of carbonyl (C=O) groups is 1. The van der Waals surface area contributed by atoms with Crippen LogP contribution in [-0.4, -0.2) is 33.4 Å². The molecule has 5 rings (SSSR count). The Hall–Kier alpha value is -3.15. The number of imidazole rings is 1. The number of hydrogen-bond acceptors (Lipinski definition) is 3. The lowest BCUT2D eigenvalue weighted by molar-refractivity contribution is -0.121. The first kappa shape index (κ1) is 24.5. The number of nitrogens with zero attached hydrogens (tertiary/aromatic N) is 3. The molecule has 0 radical (unpaired) electrons. The number of carbonyl (C=O) groups excluding carboxylic acids is 1.